The molecule has 0 saturated carbocycles. The molecule has 0 aliphatic carbocycles. The summed E-state index contributed by atoms with van der Waals surface area (Å²) in [7, 11) is 1.83. The minimum absolute atomic E-state index is 0. The molecule has 160 valence electrons. The molecule has 2 rings (SSSR count). The van der Waals surface area contributed by atoms with Gasteiger partial charge in [-0.3, -0.25) is 4.99 Å². The summed E-state index contributed by atoms with van der Waals surface area (Å²) in [6, 6.07) is 8.55. The van der Waals surface area contributed by atoms with Crippen LogP contribution in [0.15, 0.2) is 29.3 Å². The summed E-state index contributed by atoms with van der Waals surface area (Å²) in [5.74, 6) is 1.78. The van der Waals surface area contributed by atoms with Crippen LogP contribution in [0.1, 0.15) is 39.2 Å². The molecule has 1 aliphatic heterocycles. The van der Waals surface area contributed by atoms with E-state index in [2.05, 4.69) is 60.0 Å². The zero-order valence-electron chi connectivity index (χ0n) is 17.8. The first-order valence-electron chi connectivity index (χ1n) is 9.75. The van der Waals surface area contributed by atoms with Crippen molar-refractivity contribution in [2.75, 3.05) is 46.2 Å². The van der Waals surface area contributed by atoms with Gasteiger partial charge in [-0.1, -0.05) is 12.1 Å². The van der Waals surface area contributed by atoms with Crippen LogP contribution < -0.4 is 15.4 Å². The van der Waals surface area contributed by atoms with Gasteiger partial charge in [0, 0.05) is 43.5 Å². The van der Waals surface area contributed by atoms with E-state index in [4.69, 9.17) is 9.47 Å². The number of nitrogens with one attached hydrogen (secondary N) is 2. The number of guanidine groups is 1. The first kappa shape index (κ1) is 25.4. The van der Waals surface area contributed by atoms with Gasteiger partial charge in [0.2, 0.25) is 0 Å². The maximum Gasteiger partial charge on any atom is 0.191 e. The molecule has 28 heavy (non-hydrogen) atoms. The number of nitrogens with zero attached hydrogens (tertiary/aromatic N) is 1. The van der Waals surface area contributed by atoms with Crippen LogP contribution in [-0.4, -0.2) is 56.9 Å². The second-order valence-corrected chi connectivity index (χ2v) is 9.11. The molecule has 1 aliphatic rings. The number of thioether (sulfide) groups is 1. The van der Waals surface area contributed by atoms with E-state index in [0.717, 1.165) is 50.9 Å². The summed E-state index contributed by atoms with van der Waals surface area (Å²) < 4.78 is 11.4. The standard InChI is InChI=1S/C21H35N3O2S.HI/c1-6-26-18-9-7-17(8-10-18)21(11-13-25-14-12-21)16-24-19(22-4)23-15-20(2,3)27-5;/h7-10H,6,11-16H2,1-5H3,(H2,22,23,24);1H. The zero-order chi connectivity index (χ0) is 19.8. The molecule has 2 N–H and O–H groups in total. The lowest BCUT2D eigenvalue weighted by molar-refractivity contribution is 0.0513. The maximum absolute atomic E-state index is 5.65. The fraction of sp³-hybridized carbons (Fsp3) is 0.667. The second kappa shape index (κ2) is 12.1. The Kier molecular flexibility index (Phi) is 11.0. The Morgan fingerprint density at radius 1 is 1.21 bits per heavy atom. The topological polar surface area (TPSA) is 54.9 Å². The molecule has 0 bridgehead atoms. The third-order valence-corrected chi connectivity index (χ3v) is 6.53. The summed E-state index contributed by atoms with van der Waals surface area (Å²) in [5, 5.41) is 7.02. The third-order valence-electron chi connectivity index (χ3n) is 5.28. The van der Waals surface area contributed by atoms with E-state index >= 15 is 0 Å². The van der Waals surface area contributed by atoms with E-state index in [1.54, 1.807) is 0 Å². The van der Waals surface area contributed by atoms with E-state index in [-0.39, 0.29) is 34.1 Å². The fourth-order valence-electron chi connectivity index (χ4n) is 3.24. The van der Waals surface area contributed by atoms with Gasteiger partial charge in [-0.05, 0) is 57.6 Å². The van der Waals surface area contributed by atoms with E-state index in [0.29, 0.717) is 6.61 Å². The second-order valence-electron chi connectivity index (χ2n) is 7.59. The molecule has 1 heterocycles. The van der Waals surface area contributed by atoms with E-state index in [1.165, 1.54) is 5.56 Å². The smallest absolute Gasteiger partial charge is 0.191 e. The molecule has 0 atom stereocenters. The van der Waals surface area contributed by atoms with Crippen molar-refractivity contribution >= 4 is 41.7 Å². The van der Waals surface area contributed by atoms with Gasteiger partial charge in [0.25, 0.3) is 0 Å². The molecule has 1 fully saturated rings. The molecule has 0 radical (unpaired) electrons. The number of hydrogen-bond donors (Lipinski definition) is 2. The minimum Gasteiger partial charge on any atom is -0.494 e. The lowest BCUT2D eigenvalue weighted by Crippen LogP contribution is -2.49. The highest BCUT2D eigenvalue weighted by molar-refractivity contribution is 14.0. The predicted molar refractivity (Wildman–Crippen MR) is 132 cm³/mol. The van der Waals surface area contributed by atoms with Gasteiger partial charge >= 0.3 is 0 Å². The van der Waals surface area contributed by atoms with Crippen molar-refractivity contribution in [2.24, 2.45) is 4.99 Å². The number of aliphatic imine (C=N–C) groups is 1. The van der Waals surface area contributed by atoms with Gasteiger partial charge in [-0.25, -0.2) is 0 Å². The van der Waals surface area contributed by atoms with Crippen molar-refractivity contribution in [2.45, 2.75) is 43.8 Å². The van der Waals surface area contributed by atoms with Crippen LogP contribution in [0.25, 0.3) is 0 Å². The lowest BCUT2D eigenvalue weighted by atomic mass is 9.74. The highest BCUT2D eigenvalue weighted by atomic mass is 127. The van der Waals surface area contributed by atoms with Crippen LogP contribution in [0, 0.1) is 0 Å². The highest BCUT2D eigenvalue weighted by Gasteiger charge is 2.34. The summed E-state index contributed by atoms with van der Waals surface area (Å²) in [5.41, 5.74) is 1.39. The summed E-state index contributed by atoms with van der Waals surface area (Å²) >= 11 is 1.85. The molecule has 0 spiro atoms. The minimum atomic E-state index is 0. The summed E-state index contributed by atoms with van der Waals surface area (Å²) in [6.45, 7) is 10.5. The molecule has 7 heteroatoms. The first-order valence-corrected chi connectivity index (χ1v) is 11.0. The fourth-order valence-corrected chi connectivity index (χ4v) is 3.46. The van der Waals surface area contributed by atoms with Gasteiger partial charge in [0.15, 0.2) is 5.96 Å². The van der Waals surface area contributed by atoms with Crippen LogP contribution in [0.4, 0.5) is 0 Å². The average molecular weight is 522 g/mol. The zero-order valence-corrected chi connectivity index (χ0v) is 21.0. The quantitative estimate of drug-likeness (QED) is 0.307. The Hall–Kier alpha value is -0.670. The number of halogens is 1. The predicted octanol–water partition coefficient (Wildman–Crippen LogP) is 4.06. The Balaban J connectivity index is 0.00000392. The molecule has 0 unspecified atom stereocenters. The Labute approximate surface area is 191 Å². The maximum atomic E-state index is 5.65. The summed E-state index contributed by atoms with van der Waals surface area (Å²) in [4.78, 5) is 4.41. The van der Waals surface area contributed by atoms with Crippen molar-refractivity contribution in [3.63, 3.8) is 0 Å². The molecule has 0 amide bonds. The van der Waals surface area contributed by atoms with Crippen LogP contribution in [-0.2, 0) is 10.2 Å². The lowest BCUT2D eigenvalue weighted by Gasteiger charge is -2.38. The Morgan fingerprint density at radius 2 is 1.86 bits per heavy atom. The number of hydrogen-bond acceptors (Lipinski definition) is 4. The molecule has 0 aromatic heterocycles. The van der Waals surface area contributed by atoms with Gasteiger partial charge in [0.1, 0.15) is 5.75 Å². The Morgan fingerprint density at radius 3 is 2.39 bits per heavy atom. The normalized spacial score (nSPS) is 16.8. The molecule has 1 aromatic carbocycles. The Bertz CT molecular complexity index is 602. The van der Waals surface area contributed by atoms with E-state index in [9.17, 15) is 0 Å². The van der Waals surface area contributed by atoms with Gasteiger partial charge in [0.05, 0.1) is 6.61 Å². The monoisotopic (exact) mass is 521 g/mol. The molecule has 5 nitrogen and oxygen atoms in total. The van der Waals surface area contributed by atoms with Gasteiger partial charge < -0.3 is 20.1 Å². The van der Waals surface area contributed by atoms with Crippen molar-refractivity contribution in [1.82, 2.24) is 10.6 Å². The first-order chi connectivity index (χ1) is 12.9. The highest BCUT2D eigenvalue weighted by Crippen LogP contribution is 2.35. The van der Waals surface area contributed by atoms with E-state index < -0.39 is 0 Å². The van der Waals surface area contributed by atoms with Crippen molar-refractivity contribution < 1.29 is 9.47 Å². The van der Waals surface area contributed by atoms with Crippen LogP contribution in [0.2, 0.25) is 0 Å². The van der Waals surface area contributed by atoms with Crippen molar-refractivity contribution in [3.8, 4) is 5.75 Å². The number of rotatable bonds is 8. The van der Waals surface area contributed by atoms with Crippen LogP contribution >= 0.6 is 35.7 Å². The number of benzene rings is 1. The average Bonchev–Trinajstić information content (AvgIpc) is 2.69. The SMILES string of the molecule is CCOc1ccc(C2(CNC(=NC)NCC(C)(C)SC)CCOCC2)cc1.I. The largest absolute Gasteiger partial charge is 0.494 e. The molecule has 1 saturated heterocycles. The molecule has 1 aromatic rings. The van der Waals surface area contributed by atoms with Crippen molar-refractivity contribution in [3.05, 3.63) is 29.8 Å². The molecular weight excluding hydrogens is 485 g/mol. The van der Waals surface area contributed by atoms with Crippen LogP contribution in [0.3, 0.4) is 0 Å². The summed E-state index contributed by atoms with van der Waals surface area (Å²) in [6.07, 6.45) is 4.14. The van der Waals surface area contributed by atoms with E-state index in [1.807, 2.05) is 25.7 Å². The third kappa shape index (κ3) is 7.30. The van der Waals surface area contributed by atoms with Crippen LogP contribution in [0.5, 0.6) is 5.75 Å². The number of ether oxygens (including phenoxy) is 2. The van der Waals surface area contributed by atoms with Gasteiger partial charge in [-0.15, -0.1) is 24.0 Å². The van der Waals surface area contributed by atoms with Gasteiger partial charge in [-0.2, -0.15) is 11.8 Å². The van der Waals surface area contributed by atoms with Crippen molar-refractivity contribution in [1.29, 1.82) is 0 Å². The molecular formula is C21H36IN3O2S.